The highest BCUT2D eigenvalue weighted by atomic mass is 32.1. The van der Waals surface area contributed by atoms with Crippen molar-refractivity contribution in [2.24, 2.45) is 0 Å². The summed E-state index contributed by atoms with van der Waals surface area (Å²) in [7, 11) is 0. The first-order chi connectivity index (χ1) is 11.7. The number of aromatic nitrogens is 2. The Balaban J connectivity index is 1.38. The van der Waals surface area contributed by atoms with E-state index in [9.17, 15) is 9.90 Å². The van der Waals surface area contributed by atoms with Crippen LogP contribution >= 0.6 is 11.3 Å². The second kappa shape index (κ2) is 6.66. The Bertz CT molecular complexity index is 695. The molecule has 1 amide bonds. The van der Waals surface area contributed by atoms with Crippen LogP contribution < -0.4 is 0 Å². The highest BCUT2D eigenvalue weighted by molar-refractivity contribution is 7.12. The molecule has 0 radical (unpaired) electrons. The molecule has 2 aromatic heterocycles. The molecular formula is C17H22N4O2S. The molecule has 128 valence electrons. The first kappa shape index (κ1) is 15.8. The van der Waals surface area contributed by atoms with Crippen molar-refractivity contribution in [1.29, 1.82) is 0 Å². The maximum Gasteiger partial charge on any atom is 0.264 e. The van der Waals surface area contributed by atoms with Gasteiger partial charge in [-0.1, -0.05) is 6.07 Å². The minimum atomic E-state index is -0.526. The van der Waals surface area contributed by atoms with Gasteiger partial charge in [0, 0.05) is 44.3 Å². The van der Waals surface area contributed by atoms with Crippen molar-refractivity contribution in [1.82, 2.24) is 20.0 Å². The number of nitrogens with zero attached hydrogens (tertiary/aromatic N) is 3. The summed E-state index contributed by atoms with van der Waals surface area (Å²) in [6.07, 6.45) is 1.96. The molecule has 1 atom stereocenters. The second-order valence-corrected chi connectivity index (χ2v) is 7.66. The number of carbonyl (C=O) groups excluding carboxylic acids is 1. The summed E-state index contributed by atoms with van der Waals surface area (Å²) in [4.78, 5) is 17.2. The predicted molar refractivity (Wildman–Crippen MR) is 92.1 cm³/mol. The molecule has 0 unspecified atom stereocenters. The van der Waals surface area contributed by atoms with Crippen LogP contribution in [0.25, 0.3) is 0 Å². The molecule has 1 aliphatic carbocycles. The number of hydrogen-bond acceptors (Lipinski definition) is 5. The van der Waals surface area contributed by atoms with E-state index in [1.54, 1.807) is 4.90 Å². The standard InChI is InChI=1S/C17H22N4O2S/c22-14-10-20(9-13-8-15(19-18-13)12-3-4-12)5-6-21(11-14)17(23)16-2-1-7-24-16/h1-2,7-8,12,14,22H,3-6,9-11H2,(H,18,19)/t14-/m1/s1. The van der Waals surface area contributed by atoms with Crippen LogP contribution in [0.5, 0.6) is 0 Å². The van der Waals surface area contributed by atoms with Gasteiger partial charge in [0.2, 0.25) is 0 Å². The maximum atomic E-state index is 12.5. The molecule has 0 bridgehead atoms. The summed E-state index contributed by atoms with van der Waals surface area (Å²) in [6.45, 7) is 3.09. The SMILES string of the molecule is O=C(c1cccs1)N1CCN(Cc2cc(C3CC3)n[nH]2)C[C@@H](O)C1. The zero-order valence-corrected chi connectivity index (χ0v) is 14.3. The molecule has 2 aliphatic rings. The van der Waals surface area contributed by atoms with E-state index in [-0.39, 0.29) is 5.91 Å². The molecule has 6 nitrogen and oxygen atoms in total. The topological polar surface area (TPSA) is 72.5 Å². The molecule has 0 spiro atoms. The molecule has 0 aromatic carbocycles. The first-order valence-electron chi connectivity index (χ1n) is 8.46. The number of aromatic amines is 1. The van der Waals surface area contributed by atoms with E-state index in [1.165, 1.54) is 24.2 Å². The lowest BCUT2D eigenvalue weighted by Crippen LogP contribution is -2.37. The quantitative estimate of drug-likeness (QED) is 0.883. The second-order valence-electron chi connectivity index (χ2n) is 6.71. The van der Waals surface area contributed by atoms with Gasteiger partial charge in [0.15, 0.2) is 0 Å². The monoisotopic (exact) mass is 346 g/mol. The lowest BCUT2D eigenvalue weighted by Gasteiger charge is -2.21. The molecule has 4 rings (SSSR count). The third-order valence-electron chi connectivity index (χ3n) is 4.65. The lowest BCUT2D eigenvalue weighted by atomic mass is 10.2. The van der Waals surface area contributed by atoms with Gasteiger partial charge in [0.25, 0.3) is 5.91 Å². The van der Waals surface area contributed by atoms with Crippen LogP contribution in [0.15, 0.2) is 23.6 Å². The molecular weight excluding hydrogens is 324 g/mol. The number of amides is 1. The molecule has 24 heavy (non-hydrogen) atoms. The van der Waals surface area contributed by atoms with E-state index >= 15 is 0 Å². The van der Waals surface area contributed by atoms with Gasteiger partial charge in [0.05, 0.1) is 16.7 Å². The van der Waals surface area contributed by atoms with Crippen LogP contribution in [0.2, 0.25) is 0 Å². The van der Waals surface area contributed by atoms with Gasteiger partial charge in [-0.05, 0) is 30.4 Å². The minimum Gasteiger partial charge on any atom is -0.390 e. The fraction of sp³-hybridized carbons (Fsp3) is 0.529. The lowest BCUT2D eigenvalue weighted by molar-refractivity contribution is 0.0667. The van der Waals surface area contributed by atoms with Crippen molar-refractivity contribution in [3.63, 3.8) is 0 Å². The first-order valence-corrected chi connectivity index (χ1v) is 9.34. The van der Waals surface area contributed by atoms with Crippen LogP contribution in [0.3, 0.4) is 0 Å². The minimum absolute atomic E-state index is 0.0171. The zero-order chi connectivity index (χ0) is 16.5. The molecule has 1 aliphatic heterocycles. The van der Waals surface area contributed by atoms with E-state index < -0.39 is 6.10 Å². The Kier molecular flexibility index (Phi) is 4.39. The summed E-state index contributed by atoms with van der Waals surface area (Å²) < 4.78 is 0. The van der Waals surface area contributed by atoms with E-state index in [4.69, 9.17) is 0 Å². The number of aliphatic hydroxyl groups is 1. The number of hydrogen-bond donors (Lipinski definition) is 2. The number of carbonyl (C=O) groups is 1. The van der Waals surface area contributed by atoms with E-state index in [0.29, 0.717) is 25.6 Å². The number of H-pyrrole nitrogens is 1. The van der Waals surface area contributed by atoms with Crippen molar-refractivity contribution in [3.05, 3.63) is 39.8 Å². The fourth-order valence-corrected chi connectivity index (χ4v) is 3.92. The average molecular weight is 346 g/mol. The number of β-amino-alcohol motifs (C(OH)–C–C–N with tert-alkyl or cyclic N) is 1. The summed E-state index contributed by atoms with van der Waals surface area (Å²) in [6, 6.07) is 5.86. The number of rotatable bonds is 4. The van der Waals surface area contributed by atoms with E-state index in [0.717, 1.165) is 29.4 Å². The van der Waals surface area contributed by atoms with Gasteiger partial charge in [-0.15, -0.1) is 11.3 Å². The molecule has 1 saturated heterocycles. The highest BCUT2D eigenvalue weighted by Gasteiger charge is 2.28. The summed E-state index contributed by atoms with van der Waals surface area (Å²) in [5, 5.41) is 19.7. The van der Waals surface area contributed by atoms with Gasteiger partial charge in [0.1, 0.15) is 0 Å². The van der Waals surface area contributed by atoms with Crippen molar-refractivity contribution < 1.29 is 9.90 Å². The molecule has 2 fully saturated rings. The van der Waals surface area contributed by atoms with Crippen LogP contribution in [0.4, 0.5) is 0 Å². The largest absolute Gasteiger partial charge is 0.390 e. The highest BCUT2D eigenvalue weighted by Crippen LogP contribution is 2.39. The van der Waals surface area contributed by atoms with Crippen LogP contribution in [0, 0.1) is 0 Å². The number of nitrogens with one attached hydrogen (secondary N) is 1. The van der Waals surface area contributed by atoms with Crippen LogP contribution in [-0.2, 0) is 6.54 Å². The molecule has 3 heterocycles. The van der Waals surface area contributed by atoms with Crippen molar-refractivity contribution in [2.75, 3.05) is 26.2 Å². The third-order valence-corrected chi connectivity index (χ3v) is 5.50. The maximum absolute atomic E-state index is 12.5. The third kappa shape index (κ3) is 3.53. The fourth-order valence-electron chi connectivity index (χ4n) is 3.23. The average Bonchev–Trinajstić information content (AvgIpc) is 3.13. The van der Waals surface area contributed by atoms with E-state index in [1.807, 2.05) is 17.5 Å². The van der Waals surface area contributed by atoms with Gasteiger partial charge in [-0.25, -0.2) is 0 Å². The predicted octanol–water partition coefficient (Wildman–Crippen LogP) is 1.67. The Morgan fingerprint density at radius 2 is 2.25 bits per heavy atom. The van der Waals surface area contributed by atoms with Crippen molar-refractivity contribution >= 4 is 17.2 Å². The summed E-state index contributed by atoms with van der Waals surface area (Å²) in [5.74, 6) is 0.659. The van der Waals surface area contributed by atoms with Crippen molar-refractivity contribution in [3.8, 4) is 0 Å². The van der Waals surface area contributed by atoms with Gasteiger partial charge in [-0.3, -0.25) is 14.8 Å². The summed E-state index contributed by atoms with van der Waals surface area (Å²) >= 11 is 1.45. The number of thiophene rings is 1. The Morgan fingerprint density at radius 3 is 3.00 bits per heavy atom. The van der Waals surface area contributed by atoms with Gasteiger partial charge < -0.3 is 10.0 Å². The molecule has 1 saturated carbocycles. The number of aliphatic hydroxyl groups excluding tert-OH is 1. The van der Waals surface area contributed by atoms with Crippen LogP contribution in [-0.4, -0.2) is 63.3 Å². The van der Waals surface area contributed by atoms with Gasteiger partial charge >= 0.3 is 0 Å². The summed E-state index contributed by atoms with van der Waals surface area (Å²) in [5.41, 5.74) is 2.25. The van der Waals surface area contributed by atoms with Crippen molar-refractivity contribution in [2.45, 2.75) is 31.4 Å². The Morgan fingerprint density at radius 1 is 1.38 bits per heavy atom. The molecule has 7 heteroatoms. The van der Waals surface area contributed by atoms with E-state index in [2.05, 4.69) is 21.2 Å². The molecule has 2 aromatic rings. The smallest absolute Gasteiger partial charge is 0.264 e. The van der Waals surface area contributed by atoms with Crippen LogP contribution in [0.1, 0.15) is 39.8 Å². The van der Waals surface area contributed by atoms with Gasteiger partial charge in [-0.2, -0.15) is 5.10 Å². The Labute approximate surface area is 145 Å². The Hall–Kier alpha value is -1.70. The normalized spacial score (nSPS) is 22.5. The zero-order valence-electron chi connectivity index (χ0n) is 13.5. The molecule has 2 N–H and O–H groups in total.